The summed E-state index contributed by atoms with van der Waals surface area (Å²) in [6, 6.07) is 0. The van der Waals surface area contributed by atoms with Crippen LogP contribution in [0.15, 0.2) is 12.7 Å². The largest absolute Gasteiger partial charge is 0.400 e. The fraction of sp³-hybridized carbons (Fsp3) is 0.583. The summed E-state index contributed by atoms with van der Waals surface area (Å²) in [5.41, 5.74) is 16.8. The fourth-order valence-electron chi connectivity index (χ4n) is 2.78. The van der Waals surface area contributed by atoms with Crippen molar-refractivity contribution in [2.24, 2.45) is 11.2 Å². The Morgan fingerprint density at radius 2 is 2.14 bits per heavy atom. The summed E-state index contributed by atoms with van der Waals surface area (Å²) in [7, 11) is -8.24. The molecule has 1 fully saturated rings. The summed E-state index contributed by atoms with van der Waals surface area (Å²) < 4.78 is 52.1. The molecule has 0 saturated carbocycles. The Morgan fingerprint density at radius 3 is 2.82 bits per heavy atom. The van der Waals surface area contributed by atoms with Crippen LogP contribution in [-0.2, 0) is 28.1 Å². The number of imidazole rings is 1. The maximum atomic E-state index is 11.7. The van der Waals surface area contributed by atoms with Gasteiger partial charge in [-0.1, -0.05) is 0 Å². The number of ether oxygens (including phenoxy) is 1. The van der Waals surface area contributed by atoms with Crippen LogP contribution >= 0.6 is 7.75 Å². The van der Waals surface area contributed by atoms with Gasteiger partial charge in [-0.3, -0.25) is 13.3 Å². The zero-order valence-corrected chi connectivity index (χ0v) is 16.2. The molecule has 1 saturated heterocycles. The van der Waals surface area contributed by atoms with Crippen LogP contribution in [-0.4, -0.2) is 63.9 Å². The van der Waals surface area contributed by atoms with E-state index in [2.05, 4.69) is 15.0 Å². The maximum Gasteiger partial charge on any atom is 0.400 e. The van der Waals surface area contributed by atoms with E-state index in [1.165, 1.54) is 17.2 Å². The Morgan fingerprint density at radius 1 is 1.39 bits per heavy atom. The quantitative estimate of drug-likeness (QED) is 0.271. The predicted octanol–water partition coefficient (Wildman–Crippen LogP) is -1.55. The zero-order valence-electron chi connectivity index (χ0n) is 14.5. The Balaban J connectivity index is 1.82. The summed E-state index contributed by atoms with van der Waals surface area (Å²) >= 11 is 0. The van der Waals surface area contributed by atoms with Crippen LogP contribution in [0.5, 0.6) is 0 Å². The van der Waals surface area contributed by atoms with E-state index >= 15 is 0 Å². The van der Waals surface area contributed by atoms with Gasteiger partial charge in [0.25, 0.3) is 10.1 Å². The van der Waals surface area contributed by atoms with Gasteiger partial charge < -0.3 is 21.1 Å². The Labute approximate surface area is 159 Å². The molecular weight excluding hydrogens is 417 g/mol. The molecule has 1 aliphatic rings. The van der Waals surface area contributed by atoms with Crippen molar-refractivity contribution in [2.75, 3.05) is 24.6 Å². The Bertz CT molecular complexity index is 993. The van der Waals surface area contributed by atoms with Crippen LogP contribution in [0.3, 0.4) is 0 Å². The second kappa shape index (κ2) is 7.96. The summed E-state index contributed by atoms with van der Waals surface area (Å²) in [6.07, 6.45) is -0.0504. The predicted molar refractivity (Wildman–Crippen MR) is 95.9 cm³/mol. The molecule has 156 valence electrons. The molecule has 4 atom stereocenters. The van der Waals surface area contributed by atoms with Gasteiger partial charge in [-0.15, -0.1) is 0 Å². The van der Waals surface area contributed by atoms with E-state index in [9.17, 15) is 17.9 Å². The van der Waals surface area contributed by atoms with Crippen LogP contribution in [0, 0.1) is 0 Å². The fourth-order valence-corrected chi connectivity index (χ4v) is 4.14. The second-order valence-electron chi connectivity index (χ2n) is 5.99. The normalized spacial score (nSPS) is 25.2. The lowest BCUT2D eigenvalue weighted by Gasteiger charge is -2.19. The molecule has 1 aliphatic heterocycles. The lowest BCUT2D eigenvalue weighted by molar-refractivity contribution is -0.0342. The van der Waals surface area contributed by atoms with Crippen molar-refractivity contribution in [3.63, 3.8) is 0 Å². The number of anilines is 1. The number of aromatic nitrogens is 4. The van der Waals surface area contributed by atoms with E-state index in [4.69, 9.17) is 30.4 Å². The number of rotatable bonds is 8. The van der Waals surface area contributed by atoms with Gasteiger partial charge in [0.1, 0.15) is 30.3 Å². The average Bonchev–Trinajstić information content (AvgIpc) is 3.16. The van der Waals surface area contributed by atoms with Crippen molar-refractivity contribution < 1.29 is 31.3 Å². The zero-order chi connectivity index (χ0) is 20.5. The third-order valence-electron chi connectivity index (χ3n) is 3.94. The average molecular weight is 437 g/mol. The first-order valence-electron chi connectivity index (χ1n) is 8.05. The topological polar surface area (TPSA) is 221 Å². The van der Waals surface area contributed by atoms with Gasteiger partial charge in [0.05, 0.1) is 18.7 Å². The monoisotopic (exact) mass is 437 g/mol. The molecule has 16 heteroatoms. The standard InChI is InChI=1S/C12H20N7O7PS/c13-1-2-28(22,23)24-4-8-7(26-27(15,20)21)3-9(25-8)19-6-18-10-11(14)16-5-17-12(10)19/h5-9H,1-4,13H2,(H2,14,16,17)(H3,15,20,21)/t7-,8+,9+/m0/s1. The van der Waals surface area contributed by atoms with Gasteiger partial charge in [0, 0.05) is 13.0 Å². The van der Waals surface area contributed by atoms with Crippen molar-refractivity contribution in [3.8, 4) is 0 Å². The summed E-state index contributed by atoms with van der Waals surface area (Å²) in [5, 5.41) is 0. The maximum absolute atomic E-state index is 11.7. The Hall–Kier alpha value is -1.71. The van der Waals surface area contributed by atoms with Gasteiger partial charge >= 0.3 is 7.75 Å². The third kappa shape index (κ3) is 4.82. The minimum atomic E-state index is -4.36. The second-order valence-corrected chi connectivity index (χ2v) is 9.09. The van der Waals surface area contributed by atoms with Gasteiger partial charge in [0.2, 0.25) is 0 Å². The molecule has 7 N–H and O–H groups in total. The smallest absolute Gasteiger partial charge is 0.382 e. The molecule has 0 bridgehead atoms. The molecular formula is C12H20N7O7PS. The van der Waals surface area contributed by atoms with Crippen molar-refractivity contribution in [2.45, 2.75) is 24.9 Å². The van der Waals surface area contributed by atoms with Crippen molar-refractivity contribution in [3.05, 3.63) is 12.7 Å². The van der Waals surface area contributed by atoms with E-state index in [0.29, 0.717) is 11.2 Å². The molecule has 1 unspecified atom stereocenters. The molecule has 0 spiro atoms. The first kappa shape index (κ1) is 21.0. The van der Waals surface area contributed by atoms with Gasteiger partial charge in [0.15, 0.2) is 11.5 Å². The molecule has 14 nitrogen and oxygen atoms in total. The highest BCUT2D eigenvalue weighted by Gasteiger charge is 2.41. The SMILES string of the molecule is NCCS(=O)(=O)OC[C@H]1O[C@@H](n2cnc3c(N)ncnc32)C[C@@H]1OP(N)(=O)O. The number of nitrogen functional groups attached to an aromatic ring is 1. The molecule has 0 aromatic carbocycles. The molecule has 2 aromatic heterocycles. The highest BCUT2D eigenvalue weighted by atomic mass is 32.2. The van der Waals surface area contributed by atoms with Crippen LogP contribution < -0.4 is 17.0 Å². The molecule has 0 aliphatic carbocycles. The first-order valence-corrected chi connectivity index (χ1v) is 11.3. The van der Waals surface area contributed by atoms with Gasteiger partial charge in [-0.2, -0.15) is 8.42 Å². The minimum absolute atomic E-state index is 0.0576. The van der Waals surface area contributed by atoms with Crippen LogP contribution in [0.2, 0.25) is 0 Å². The van der Waals surface area contributed by atoms with E-state index < -0.39 is 42.9 Å². The minimum Gasteiger partial charge on any atom is -0.382 e. The molecule has 2 aromatic rings. The third-order valence-corrected chi connectivity index (χ3v) is 5.75. The van der Waals surface area contributed by atoms with E-state index in [0.717, 1.165) is 0 Å². The molecule has 0 amide bonds. The number of hydrogen-bond acceptors (Lipinski definition) is 11. The van der Waals surface area contributed by atoms with Crippen molar-refractivity contribution in [1.82, 2.24) is 19.5 Å². The molecule has 28 heavy (non-hydrogen) atoms. The summed E-state index contributed by atoms with van der Waals surface area (Å²) in [4.78, 5) is 21.4. The summed E-state index contributed by atoms with van der Waals surface area (Å²) in [5.74, 6) is -0.212. The van der Waals surface area contributed by atoms with Crippen molar-refractivity contribution >= 4 is 34.8 Å². The molecule has 0 radical (unpaired) electrons. The number of nitrogens with zero attached hydrogens (tertiary/aromatic N) is 4. The Kier molecular flexibility index (Phi) is 5.97. The van der Waals surface area contributed by atoms with E-state index in [-0.39, 0.29) is 24.5 Å². The van der Waals surface area contributed by atoms with E-state index in [1.807, 2.05) is 0 Å². The number of hydrogen-bond donors (Lipinski definition) is 4. The van der Waals surface area contributed by atoms with Crippen LogP contribution in [0.4, 0.5) is 5.82 Å². The molecule has 3 rings (SSSR count). The number of nitrogens with two attached hydrogens (primary N) is 3. The number of fused-ring (bicyclic) bond motifs is 1. The first-order chi connectivity index (χ1) is 13.1. The highest BCUT2D eigenvalue weighted by Crippen LogP contribution is 2.41. The van der Waals surface area contributed by atoms with Crippen LogP contribution in [0.1, 0.15) is 12.6 Å². The lowest BCUT2D eigenvalue weighted by atomic mass is 10.2. The van der Waals surface area contributed by atoms with Crippen LogP contribution in [0.25, 0.3) is 11.2 Å². The highest BCUT2D eigenvalue weighted by molar-refractivity contribution is 7.86. The molecule has 3 heterocycles. The van der Waals surface area contributed by atoms with Gasteiger partial charge in [-0.05, 0) is 0 Å². The van der Waals surface area contributed by atoms with E-state index in [1.54, 1.807) is 0 Å². The summed E-state index contributed by atoms with van der Waals surface area (Å²) in [6.45, 7) is -0.569. The van der Waals surface area contributed by atoms with Crippen molar-refractivity contribution in [1.29, 1.82) is 0 Å². The lowest BCUT2D eigenvalue weighted by Crippen LogP contribution is -2.31. The van der Waals surface area contributed by atoms with Gasteiger partial charge in [-0.25, -0.2) is 25.0 Å².